The first-order chi connectivity index (χ1) is 12.5. The van der Waals surface area contributed by atoms with Gasteiger partial charge in [0, 0.05) is 12.1 Å². The molecule has 0 bridgehead atoms. The predicted molar refractivity (Wildman–Crippen MR) is 111 cm³/mol. The number of hydrogen-bond donors (Lipinski definition) is 1. The van der Waals surface area contributed by atoms with E-state index < -0.39 is 0 Å². The van der Waals surface area contributed by atoms with Crippen molar-refractivity contribution in [3.8, 4) is 11.1 Å². The van der Waals surface area contributed by atoms with Gasteiger partial charge in [0.05, 0.1) is 0 Å². The minimum absolute atomic E-state index is 0.00929. The molecule has 2 aromatic carbocycles. The van der Waals surface area contributed by atoms with E-state index in [2.05, 4.69) is 68.5 Å². The molecule has 0 unspecified atom stereocenters. The fraction of sp³-hybridized carbons (Fsp3) is 0.435. The van der Waals surface area contributed by atoms with Crippen LogP contribution in [0.5, 0.6) is 0 Å². The highest BCUT2D eigenvalue weighted by Crippen LogP contribution is 2.23. The van der Waals surface area contributed by atoms with Crippen LogP contribution in [-0.2, 0) is 6.42 Å². The second kappa shape index (κ2) is 10.1. The Bertz CT molecular complexity index is 707. The SMILES string of the molecule is CC(C)Cc1cccc(-c2cccc(C(=O)NCCCCN(C)C)c2)c1. The Morgan fingerprint density at radius 2 is 1.69 bits per heavy atom. The van der Waals surface area contributed by atoms with Gasteiger partial charge in [0.1, 0.15) is 0 Å². The van der Waals surface area contributed by atoms with Crippen LogP contribution >= 0.6 is 0 Å². The normalized spacial score (nSPS) is 11.2. The van der Waals surface area contributed by atoms with E-state index in [-0.39, 0.29) is 5.91 Å². The fourth-order valence-electron chi connectivity index (χ4n) is 3.05. The molecule has 0 fully saturated rings. The molecule has 0 spiro atoms. The zero-order valence-corrected chi connectivity index (χ0v) is 16.6. The maximum atomic E-state index is 12.4. The van der Waals surface area contributed by atoms with Gasteiger partial charge in [-0.25, -0.2) is 0 Å². The summed E-state index contributed by atoms with van der Waals surface area (Å²) in [5.74, 6) is 0.643. The summed E-state index contributed by atoms with van der Waals surface area (Å²) in [4.78, 5) is 14.6. The number of nitrogens with zero attached hydrogens (tertiary/aromatic N) is 1. The van der Waals surface area contributed by atoms with Crippen LogP contribution in [0.1, 0.15) is 42.6 Å². The van der Waals surface area contributed by atoms with Gasteiger partial charge in [-0.15, -0.1) is 0 Å². The lowest BCUT2D eigenvalue weighted by molar-refractivity contribution is 0.0953. The van der Waals surface area contributed by atoms with Crippen LogP contribution in [0.2, 0.25) is 0 Å². The van der Waals surface area contributed by atoms with Gasteiger partial charge in [0.15, 0.2) is 0 Å². The van der Waals surface area contributed by atoms with E-state index in [0.717, 1.165) is 43.5 Å². The van der Waals surface area contributed by atoms with Gasteiger partial charge in [0.2, 0.25) is 0 Å². The molecule has 0 saturated heterocycles. The lowest BCUT2D eigenvalue weighted by Gasteiger charge is -2.11. The first-order valence-corrected chi connectivity index (χ1v) is 9.58. The Morgan fingerprint density at radius 3 is 2.38 bits per heavy atom. The van der Waals surface area contributed by atoms with Crippen molar-refractivity contribution in [3.05, 3.63) is 59.7 Å². The van der Waals surface area contributed by atoms with Crippen LogP contribution in [0.3, 0.4) is 0 Å². The molecule has 2 aromatic rings. The molecule has 0 heterocycles. The van der Waals surface area contributed by atoms with Crippen molar-refractivity contribution < 1.29 is 4.79 Å². The number of carbonyl (C=O) groups is 1. The van der Waals surface area contributed by atoms with Crippen molar-refractivity contribution in [2.45, 2.75) is 33.1 Å². The smallest absolute Gasteiger partial charge is 0.251 e. The largest absolute Gasteiger partial charge is 0.352 e. The molecule has 0 radical (unpaired) electrons. The van der Waals surface area contributed by atoms with Gasteiger partial charge < -0.3 is 10.2 Å². The van der Waals surface area contributed by atoms with Crippen molar-refractivity contribution in [2.75, 3.05) is 27.2 Å². The summed E-state index contributed by atoms with van der Waals surface area (Å²) in [7, 11) is 4.14. The maximum Gasteiger partial charge on any atom is 0.251 e. The highest BCUT2D eigenvalue weighted by molar-refractivity contribution is 5.95. The number of benzene rings is 2. The third-order valence-corrected chi connectivity index (χ3v) is 4.35. The van der Waals surface area contributed by atoms with E-state index in [1.807, 2.05) is 18.2 Å². The molecule has 0 aliphatic rings. The molecule has 0 aliphatic carbocycles. The van der Waals surface area contributed by atoms with E-state index in [9.17, 15) is 4.79 Å². The van der Waals surface area contributed by atoms with Gasteiger partial charge in [-0.3, -0.25) is 4.79 Å². The van der Waals surface area contributed by atoms with Crippen molar-refractivity contribution >= 4 is 5.91 Å². The molecule has 3 heteroatoms. The van der Waals surface area contributed by atoms with Crippen molar-refractivity contribution in [1.29, 1.82) is 0 Å². The van der Waals surface area contributed by atoms with Gasteiger partial charge in [-0.2, -0.15) is 0 Å². The van der Waals surface area contributed by atoms with Crippen molar-refractivity contribution in [3.63, 3.8) is 0 Å². The number of unbranched alkanes of at least 4 members (excludes halogenated alkanes) is 1. The Labute approximate surface area is 158 Å². The van der Waals surface area contributed by atoms with Crippen LogP contribution in [0.4, 0.5) is 0 Å². The van der Waals surface area contributed by atoms with Gasteiger partial charge >= 0.3 is 0 Å². The second-order valence-electron chi connectivity index (χ2n) is 7.65. The average molecular weight is 353 g/mol. The summed E-state index contributed by atoms with van der Waals surface area (Å²) in [6.45, 7) is 6.24. The summed E-state index contributed by atoms with van der Waals surface area (Å²) in [6, 6.07) is 16.5. The highest BCUT2D eigenvalue weighted by Gasteiger charge is 2.07. The quantitative estimate of drug-likeness (QED) is 0.668. The summed E-state index contributed by atoms with van der Waals surface area (Å²) in [5.41, 5.74) is 4.33. The van der Waals surface area contributed by atoms with E-state index in [1.54, 1.807) is 0 Å². The molecule has 0 atom stereocenters. The molecule has 1 N–H and O–H groups in total. The van der Waals surface area contributed by atoms with Crippen LogP contribution < -0.4 is 5.32 Å². The molecule has 0 saturated carbocycles. The Hall–Kier alpha value is -2.13. The van der Waals surface area contributed by atoms with Gasteiger partial charge in [-0.1, -0.05) is 50.2 Å². The van der Waals surface area contributed by atoms with E-state index in [0.29, 0.717) is 5.92 Å². The molecular weight excluding hydrogens is 320 g/mol. The maximum absolute atomic E-state index is 12.4. The fourth-order valence-corrected chi connectivity index (χ4v) is 3.05. The van der Waals surface area contributed by atoms with Gasteiger partial charge in [0.25, 0.3) is 5.91 Å². The molecule has 0 aliphatic heterocycles. The van der Waals surface area contributed by atoms with Crippen LogP contribution in [0, 0.1) is 5.92 Å². The molecule has 26 heavy (non-hydrogen) atoms. The third-order valence-electron chi connectivity index (χ3n) is 4.35. The standard InChI is InChI=1S/C23H32N2O/c1-18(2)15-19-9-7-10-20(16-19)21-11-8-12-22(17-21)23(26)24-13-5-6-14-25(3)4/h7-12,16-18H,5-6,13-15H2,1-4H3,(H,24,26). The second-order valence-corrected chi connectivity index (χ2v) is 7.65. The van der Waals surface area contributed by atoms with E-state index in [1.165, 1.54) is 11.1 Å². The molecule has 2 rings (SSSR count). The monoisotopic (exact) mass is 352 g/mol. The average Bonchev–Trinajstić information content (AvgIpc) is 2.61. The zero-order valence-electron chi connectivity index (χ0n) is 16.6. The first-order valence-electron chi connectivity index (χ1n) is 9.58. The lowest BCUT2D eigenvalue weighted by atomic mass is 9.97. The Morgan fingerprint density at radius 1 is 1.00 bits per heavy atom. The Kier molecular flexibility index (Phi) is 7.86. The van der Waals surface area contributed by atoms with Crippen LogP contribution in [0.15, 0.2) is 48.5 Å². The van der Waals surface area contributed by atoms with E-state index >= 15 is 0 Å². The van der Waals surface area contributed by atoms with Crippen LogP contribution in [-0.4, -0.2) is 38.0 Å². The van der Waals surface area contributed by atoms with Crippen molar-refractivity contribution in [2.24, 2.45) is 5.92 Å². The number of hydrogen-bond acceptors (Lipinski definition) is 2. The third kappa shape index (κ3) is 6.64. The van der Waals surface area contributed by atoms with E-state index in [4.69, 9.17) is 0 Å². The number of nitrogens with one attached hydrogen (secondary N) is 1. The number of carbonyl (C=O) groups excluding carboxylic acids is 1. The summed E-state index contributed by atoms with van der Waals surface area (Å²) < 4.78 is 0. The molecule has 140 valence electrons. The molecule has 3 nitrogen and oxygen atoms in total. The highest BCUT2D eigenvalue weighted by atomic mass is 16.1. The molecular formula is C23H32N2O. The number of rotatable bonds is 9. The Balaban J connectivity index is 2.00. The summed E-state index contributed by atoms with van der Waals surface area (Å²) in [6.07, 6.45) is 3.16. The first kappa shape index (κ1) is 20.2. The predicted octanol–water partition coefficient (Wildman–Crippen LogP) is 4.62. The van der Waals surface area contributed by atoms with Crippen LogP contribution in [0.25, 0.3) is 11.1 Å². The number of amides is 1. The lowest BCUT2D eigenvalue weighted by Crippen LogP contribution is -2.25. The topological polar surface area (TPSA) is 32.3 Å². The molecule has 1 amide bonds. The zero-order chi connectivity index (χ0) is 18.9. The molecule has 0 aromatic heterocycles. The summed E-state index contributed by atoms with van der Waals surface area (Å²) >= 11 is 0. The summed E-state index contributed by atoms with van der Waals surface area (Å²) in [5, 5.41) is 3.03. The minimum Gasteiger partial charge on any atom is -0.352 e. The van der Waals surface area contributed by atoms with Crippen molar-refractivity contribution in [1.82, 2.24) is 10.2 Å². The van der Waals surface area contributed by atoms with Gasteiger partial charge in [-0.05, 0) is 74.6 Å². The minimum atomic E-state index is 0.00929.